The first-order valence-electron chi connectivity index (χ1n) is 6.05. The minimum atomic E-state index is -1.51. The van der Waals surface area contributed by atoms with Crippen LogP contribution in [0.4, 0.5) is 4.39 Å². The summed E-state index contributed by atoms with van der Waals surface area (Å²) in [5.41, 5.74) is 0.192. The lowest BCUT2D eigenvalue weighted by atomic mass is 10.2. The van der Waals surface area contributed by atoms with E-state index in [4.69, 9.17) is 11.6 Å². The smallest absolute Gasteiger partial charge is 0.235 e. The van der Waals surface area contributed by atoms with Crippen molar-refractivity contribution in [1.29, 1.82) is 0 Å². The topological polar surface area (TPSA) is 46.2 Å². The van der Waals surface area contributed by atoms with Gasteiger partial charge in [0.15, 0.2) is 0 Å². The lowest BCUT2D eigenvalue weighted by Crippen LogP contribution is -2.36. The molecule has 0 bridgehead atoms. The Hall–Kier alpha value is -0.940. The second-order valence-corrected chi connectivity index (χ2v) is 6.32. The highest BCUT2D eigenvalue weighted by atomic mass is 35.5. The van der Waals surface area contributed by atoms with Crippen molar-refractivity contribution >= 4 is 28.3 Å². The van der Waals surface area contributed by atoms with Crippen LogP contribution in [-0.4, -0.2) is 21.9 Å². The molecule has 1 rings (SSSR count). The summed E-state index contributed by atoms with van der Waals surface area (Å²) in [7, 11) is -1.51. The van der Waals surface area contributed by atoms with Crippen LogP contribution in [0, 0.1) is 5.82 Å². The van der Waals surface area contributed by atoms with Gasteiger partial charge >= 0.3 is 0 Å². The average molecular weight is 306 g/mol. The Bertz CT molecular complexity index is 461. The maximum atomic E-state index is 13.6. The average Bonchev–Trinajstić information content (AvgIpc) is 2.39. The van der Waals surface area contributed by atoms with Gasteiger partial charge in [0.25, 0.3) is 0 Å². The van der Waals surface area contributed by atoms with Crippen LogP contribution in [-0.2, 0) is 21.3 Å². The Morgan fingerprint density at radius 3 is 2.79 bits per heavy atom. The fraction of sp³-hybridized carbons (Fsp3) is 0.462. The number of rotatable bonds is 6. The number of carbonyl (C=O) groups is 1. The van der Waals surface area contributed by atoms with Gasteiger partial charge in [-0.15, -0.1) is 0 Å². The Morgan fingerprint density at radius 1 is 1.53 bits per heavy atom. The lowest BCUT2D eigenvalue weighted by Gasteiger charge is -2.12. The molecule has 0 heterocycles. The van der Waals surface area contributed by atoms with Gasteiger partial charge in [-0.1, -0.05) is 24.6 Å². The molecule has 1 aromatic rings. The van der Waals surface area contributed by atoms with Crippen molar-refractivity contribution in [3.63, 3.8) is 0 Å². The molecule has 0 aliphatic heterocycles. The van der Waals surface area contributed by atoms with Crippen molar-refractivity contribution in [3.8, 4) is 0 Å². The molecule has 3 nitrogen and oxygen atoms in total. The van der Waals surface area contributed by atoms with Crippen molar-refractivity contribution < 1.29 is 13.4 Å². The lowest BCUT2D eigenvalue weighted by molar-refractivity contribution is -0.120. The number of amides is 1. The number of hydrogen-bond donors (Lipinski definition) is 1. The molecule has 0 aromatic heterocycles. The van der Waals surface area contributed by atoms with E-state index >= 15 is 0 Å². The molecular weight excluding hydrogens is 289 g/mol. The largest absolute Gasteiger partial charge is 0.355 e. The molecule has 0 fully saturated rings. The highest BCUT2D eigenvalue weighted by Crippen LogP contribution is 2.21. The van der Waals surface area contributed by atoms with Gasteiger partial charge in [-0.25, -0.2) is 4.39 Å². The summed E-state index contributed by atoms with van der Waals surface area (Å²) < 4.78 is 25.6. The zero-order chi connectivity index (χ0) is 14.4. The fourth-order valence-corrected chi connectivity index (χ4v) is 2.91. The maximum Gasteiger partial charge on any atom is 0.235 e. The van der Waals surface area contributed by atoms with Crippen LogP contribution in [0.5, 0.6) is 0 Å². The molecule has 0 saturated heterocycles. The van der Waals surface area contributed by atoms with Crippen molar-refractivity contribution in [2.75, 3.05) is 6.54 Å². The SMILES string of the molecule is CCCNC(=O)C(C)S(=O)Cc1c(F)cccc1Cl. The van der Waals surface area contributed by atoms with E-state index in [0.717, 1.165) is 6.42 Å². The molecule has 0 saturated carbocycles. The number of carbonyl (C=O) groups excluding carboxylic acids is 1. The first-order valence-corrected chi connectivity index (χ1v) is 7.81. The molecule has 106 valence electrons. The van der Waals surface area contributed by atoms with E-state index in [0.29, 0.717) is 6.54 Å². The normalized spacial score (nSPS) is 13.9. The highest BCUT2D eigenvalue weighted by molar-refractivity contribution is 7.85. The van der Waals surface area contributed by atoms with Crippen LogP contribution < -0.4 is 5.32 Å². The third kappa shape index (κ3) is 4.58. The number of halogens is 2. The first kappa shape index (κ1) is 16.1. The molecule has 0 radical (unpaired) electrons. The molecular formula is C13H17ClFNO2S. The summed E-state index contributed by atoms with van der Waals surface area (Å²) in [6, 6.07) is 4.29. The molecule has 2 unspecified atom stereocenters. The Balaban J connectivity index is 2.71. The van der Waals surface area contributed by atoms with E-state index in [1.165, 1.54) is 12.1 Å². The minimum Gasteiger partial charge on any atom is -0.355 e. The van der Waals surface area contributed by atoms with E-state index in [2.05, 4.69) is 5.32 Å². The summed E-state index contributed by atoms with van der Waals surface area (Å²) in [5.74, 6) is -0.846. The van der Waals surface area contributed by atoms with Gasteiger partial charge in [-0.05, 0) is 25.5 Å². The summed E-state index contributed by atoms with van der Waals surface area (Å²) in [6.07, 6.45) is 0.810. The summed E-state index contributed by atoms with van der Waals surface area (Å²) in [6.45, 7) is 4.04. The summed E-state index contributed by atoms with van der Waals surface area (Å²) in [5, 5.41) is 2.21. The Labute approximate surface area is 120 Å². The molecule has 6 heteroatoms. The van der Waals surface area contributed by atoms with Crippen LogP contribution in [0.3, 0.4) is 0 Å². The molecule has 0 spiro atoms. The molecule has 1 amide bonds. The predicted molar refractivity (Wildman–Crippen MR) is 76.0 cm³/mol. The second-order valence-electron chi connectivity index (χ2n) is 4.16. The molecule has 0 aliphatic rings. The van der Waals surface area contributed by atoms with Crippen LogP contribution in [0.1, 0.15) is 25.8 Å². The third-order valence-electron chi connectivity index (χ3n) is 2.66. The first-order chi connectivity index (χ1) is 8.97. The minimum absolute atomic E-state index is 0.0633. The Kier molecular flexibility index (Phi) is 6.45. The maximum absolute atomic E-state index is 13.6. The van der Waals surface area contributed by atoms with Crippen LogP contribution >= 0.6 is 11.6 Å². The van der Waals surface area contributed by atoms with Crippen molar-refractivity contribution in [1.82, 2.24) is 5.32 Å². The van der Waals surface area contributed by atoms with E-state index in [1.54, 1.807) is 13.0 Å². The Morgan fingerprint density at radius 2 is 2.21 bits per heavy atom. The monoisotopic (exact) mass is 305 g/mol. The van der Waals surface area contributed by atoms with E-state index in [1.807, 2.05) is 6.92 Å². The van der Waals surface area contributed by atoms with Gasteiger partial charge in [0.05, 0.1) is 5.75 Å². The molecule has 2 atom stereocenters. The predicted octanol–water partition coefficient (Wildman–Crippen LogP) is 2.64. The number of benzene rings is 1. The summed E-state index contributed by atoms with van der Waals surface area (Å²) in [4.78, 5) is 11.7. The molecule has 0 aliphatic carbocycles. The van der Waals surface area contributed by atoms with E-state index in [9.17, 15) is 13.4 Å². The van der Waals surface area contributed by atoms with E-state index in [-0.39, 0.29) is 22.2 Å². The zero-order valence-corrected chi connectivity index (χ0v) is 12.5. The standard InChI is InChI=1S/C13H17ClFNO2S/c1-3-7-16-13(17)9(2)19(18)8-10-11(14)5-4-6-12(10)15/h4-6,9H,3,7-8H2,1-2H3,(H,16,17). The van der Waals surface area contributed by atoms with Gasteiger partial charge in [-0.3, -0.25) is 9.00 Å². The van der Waals surface area contributed by atoms with Crippen LogP contribution in [0.15, 0.2) is 18.2 Å². The van der Waals surface area contributed by atoms with Crippen molar-refractivity contribution in [2.45, 2.75) is 31.3 Å². The van der Waals surface area contributed by atoms with Gasteiger partial charge in [0.2, 0.25) is 5.91 Å². The van der Waals surface area contributed by atoms with Crippen LogP contribution in [0.25, 0.3) is 0 Å². The van der Waals surface area contributed by atoms with E-state index < -0.39 is 21.9 Å². The van der Waals surface area contributed by atoms with Gasteiger partial charge in [0, 0.05) is 27.9 Å². The second kappa shape index (κ2) is 7.60. The molecule has 19 heavy (non-hydrogen) atoms. The third-order valence-corrected chi connectivity index (χ3v) is 4.59. The van der Waals surface area contributed by atoms with Gasteiger partial charge < -0.3 is 5.32 Å². The highest BCUT2D eigenvalue weighted by Gasteiger charge is 2.21. The quantitative estimate of drug-likeness (QED) is 0.878. The molecule has 1 aromatic carbocycles. The van der Waals surface area contributed by atoms with Crippen molar-refractivity contribution in [2.24, 2.45) is 0 Å². The van der Waals surface area contributed by atoms with Crippen LogP contribution in [0.2, 0.25) is 5.02 Å². The van der Waals surface area contributed by atoms with Gasteiger partial charge in [0.1, 0.15) is 11.1 Å². The summed E-state index contributed by atoms with van der Waals surface area (Å²) >= 11 is 5.87. The fourth-order valence-electron chi connectivity index (χ4n) is 1.45. The van der Waals surface area contributed by atoms with Crippen molar-refractivity contribution in [3.05, 3.63) is 34.6 Å². The van der Waals surface area contributed by atoms with Gasteiger partial charge in [-0.2, -0.15) is 0 Å². The number of hydrogen-bond acceptors (Lipinski definition) is 2. The number of nitrogens with one attached hydrogen (secondary N) is 1. The molecule has 1 N–H and O–H groups in total. The zero-order valence-electron chi connectivity index (χ0n) is 10.9.